The van der Waals surface area contributed by atoms with Crippen LogP contribution in [0.4, 0.5) is 5.69 Å². The molecule has 1 saturated carbocycles. The predicted molar refractivity (Wildman–Crippen MR) is 75.7 cm³/mol. The van der Waals surface area contributed by atoms with E-state index < -0.39 is 0 Å². The summed E-state index contributed by atoms with van der Waals surface area (Å²) >= 11 is 6.00. The van der Waals surface area contributed by atoms with Gasteiger partial charge in [0.1, 0.15) is 0 Å². The van der Waals surface area contributed by atoms with Crippen molar-refractivity contribution in [3.8, 4) is 0 Å². The number of benzene rings is 1. The molecule has 0 heterocycles. The van der Waals surface area contributed by atoms with Gasteiger partial charge in [-0.2, -0.15) is 0 Å². The van der Waals surface area contributed by atoms with Gasteiger partial charge in [-0.15, -0.1) is 0 Å². The van der Waals surface area contributed by atoms with Crippen molar-refractivity contribution in [1.82, 2.24) is 0 Å². The first kappa shape index (κ1) is 12.8. The SMILES string of the molecule is CC(C)C1CCCC(Nc2cccc(Cl)c2)C1. The third-order valence-corrected chi connectivity index (χ3v) is 4.09. The second kappa shape index (κ2) is 5.77. The van der Waals surface area contributed by atoms with Crippen LogP contribution in [0.25, 0.3) is 0 Å². The molecule has 1 N–H and O–H groups in total. The Labute approximate surface area is 110 Å². The Morgan fingerprint density at radius 2 is 2.12 bits per heavy atom. The Kier molecular flexibility index (Phi) is 4.33. The molecule has 0 aromatic heterocycles. The zero-order chi connectivity index (χ0) is 12.3. The second-order valence-corrected chi connectivity index (χ2v) is 5.96. The van der Waals surface area contributed by atoms with E-state index in [1.807, 2.05) is 18.2 Å². The quantitative estimate of drug-likeness (QED) is 0.800. The van der Waals surface area contributed by atoms with Gasteiger partial charge in [0, 0.05) is 16.8 Å². The van der Waals surface area contributed by atoms with Crippen LogP contribution in [-0.2, 0) is 0 Å². The van der Waals surface area contributed by atoms with Gasteiger partial charge >= 0.3 is 0 Å². The fourth-order valence-electron chi connectivity index (χ4n) is 2.78. The first-order valence-electron chi connectivity index (χ1n) is 6.67. The highest BCUT2D eigenvalue weighted by atomic mass is 35.5. The highest BCUT2D eigenvalue weighted by Gasteiger charge is 2.23. The Balaban J connectivity index is 1.94. The van der Waals surface area contributed by atoms with E-state index in [4.69, 9.17) is 11.6 Å². The molecule has 1 nitrogen and oxygen atoms in total. The first-order chi connectivity index (χ1) is 8.15. The van der Waals surface area contributed by atoms with E-state index in [0.717, 1.165) is 22.5 Å². The van der Waals surface area contributed by atoms with Crippen LogP contribution in [0.2, 0.25) is 5.02 Å². The summed E-state index contributed by atoms with van der Waals surface area (Å²) in [6.45, 7) is 4.68. The summed E-state index contributed by atoms with van der Waals surface area (Å²) in [5.41, 5.74) is 1.16. The van der Waals surface area contributed by atoms with Crippen LogP contribution in [0.3, 0.4) is 0 Å². The number of rotatable bonds is 3. The van der Waals surface area contributed by atoms with E-state index in [1.165, 1.54) is 25.7 Å². The van der Waals surface area contributed by atoms with Crippen molar-refractivity contribution in [3.63, 3.8) is 0 Å². The maximum Gasteiger partial charge on any atom is 0.0426 e. The molecule has 0 radical (unpaired) electrons. The maximum atomic E-state index is 6.00. The van der Waals surface area contributed by atoms with Gasteiger partial charge < -0.3 is 5.32 Å². The second-order valence-electron chi connectivity index (χ2n) is 5.52. The highest BCUT2D eigenvalue weighted by Crippen LogP contribution is 2.31. The molecule has 1 aromatic rings. The fourth-order valence-corrected chi connectivity index (χ4v) is 2.97. The number of anilines is 1. The van der Waals surface area contributed by atoms with Crippen LogP contribution in [-0.4, -0.2) is 6.04 Å². The van der Waals surface area contributed by atoms with E-state index in [-0.39, 0.29) is 0 Å². The van der Waals surface area contributed by atoms with Gasteiger partial charge in [-0.3, -0.25) is 0 Å². The summed E-state index contributed by atoms with van der Waals surface area (Å²) < 4.78 is 0. The standard InChI is InChI=1S/C15H22ClN/c1-11(2)12-5-3-7-14(9-12)17-15-8-4-6-13(16)10-15/h4,6,8,10-12,14,17H,3,5,7,9H2,1-2H3. The van der Waals surface area contributed by atoms with Crippen LogP contribution in [0.5, 0.6) is 0 Å². The number of halogens is 1. The van der Waals surface area contributed by atoms with Gasteiger partial charge in [-0.25, -0.2) is 0 Å². The number of hydrogen-bond acceptors (Lipinski definition) is 1. The highest BCUT2D eigenvalue weighted by molar-refractivity contribution is 6.30. The summed E-state index contributed by atoms with van der Waals surface area (Å²) in [5, 5.41) is 4.43. The Bertz CT molecular complexity index is 362. The van der Waals surface area contributed by atoms with Gasteiger partial charge in [0.05, 0.1) is 0 Å². The molecule has 2 heteroatoms. The minimum Gasteiger partial charge on any atom is -0.382 e. The lowest BCUT2D eigenvalue weighted by Crippen LogP contribution is -2.29. The summed E-state index contributed by atoms with van der Waals surface area (Å²) in [7, 11) is 0. The molecule has 0 spiro atoms. The first-order valence-corrected chi connectivity index (χ1v) is 7.05. The molecule has 1 aromatic carbocycles. The molecule has 1 aliphatic carbocycles. The average molecular weight is 252 g/mol. The topological polar surface area (TPSA) is 12.0 Å². The smallest absolute Gasteiger partial charge is 0.0426 e. The van der Waals surface area contributed by atoms with E-state index >= 15 is 0 Å². The van der Waals surface area contributed by atoms with Gasteiger partial charge in [0.25, 0.3) is 0 Å². The Morgan fingerprint density at radius 3 is 2.82 bits per heavy atom. The lowest BCUT2D eigenvalue weighted by Gasteiger charge is -2.32. The minimum atomic E-state index is 0.620. The van der Waals surface area contributed by atoms with Gasteiger partial charge in [-0.05, 0) is 42.9 Å². The van der Waals surface area contributed by atoms with E-state index in [9.17, 15) is 0 Å². The molecule has 2 atom stereocenters. The molecule has 0 bridgehead atoms. The molecule has 1 fully saturated rings. The van der Waals surface area contributed by atoms with E-state index in [1.54, 1.807) is 0 Å². The monoisotopic (exact) mass is 251 g/mol. The zero-order valence-corrected chi connectivity index (χ0v) is 11.5. The van der Waals surface area contributed by atoms with Gasteiger partial charge in [0.15, 0.2) is 0 Å². The van der Waals surface area contributed by atoms with Crippen molar-refractivity contribution < 1.29 is 0 Å². The summed E-state index contributed by atoms with van der Waals surface area (Å²) in [5.74, 6) is 1.68. The molecule has 0 saturated heterocycles. The fraction of sp³-hybridized carbons (Fsp3) is 0.600. The Hall–Kier alpha value is -0.690. The molecule has 17 heavy (non-hydrogen) atoms. The van der Waals surface area contributed by atoms with Crippen molar-refractivity contribution in [2.45, 2.75) is 45.6 Å². The molecule has 0 aliphatic heterocycles. The van der Waals surface area contributed by atoms with Crippen molar-refractivity contribution in [2.24, 2.45) is 11.8 Å². The molecular formula is C15H22ClN. The van der Waals surface area contributed by atoms with Crippen molar-refractivity contribution >= 4 is 17.3 Å². The largest absolute Gasteiger partial charge is 0.382 e. The van der Waals surface area contributed by atoms with Crippen LogP contribution >= 0.6 is 11.6 Å². The zero-order valence-electron chi connectivity index (χ0n) is 10.7. The third kappa shape index (κ3) is 3.64. The lowest BCUT2D eigenvalue weighted by molar-refractivity contribution is 0.264. The Morgan fingerprint density at radius 1 is 1.29 bits per heavy atom. The molecule has 94 valence electrons. The molecule has 2 unspecified atom stereocenters. The summed E-state index contributed by atoms with van der Waals surface area (Å²) in [6.07, 6.45) is 5.33. The van der Waals surface area contributed by atoms with Crippen LogP contribution in [0.15, 0.2) is 24.3 Å². The summed E-state index contributed by atoms with van der Waals surface area (Å²) in [4.78, 5) is 0. The maximum absolute atomic E-state index is 6.00. The normalized spacial score (nSPS) is 24.9. The van der Waals surface area contributed by atoms with Crippen LogP contribution < -0.4 is 5.32 Å². The summed E-state index contributed by atoms with van der Waals surface area (Å²) in [6, 6.07) is 8.67. The van der Waals surface area contributed by atoms with Crippen molar-refractivity contribution in [3.05, 3.63) is 29.3 Å². The van der Waals surface area contributed by atoms with E-state index in [2.05, 4.69) is 25.2 Å². The van der Waals surface area contributed by atoms with Crippen LogP contribution in [0.1, 0.15) is 39.5 Å². The lowest BCUT2D eigenvalue weighted by atomic mass is 9.79. The van der Waals surface area contributed by atoms with Crippen molar-refractivity contribution in [1.29, 1.82) is 0 Å². The number of hydrogen-bond donors (Lipinski definition) is 1. The number of nitrogens with one attached hydrogen (secondary N) is 1. The van der Waals surface area contributed by atoms with Gasteiger partial charge in [-0.1, -0.05) is 44.4 Å². The predicted octanol–water partition coefficient (Wildman–Crippen LogP) is 4.97. The molecule has 2 rings (SSSR count). The average Bonchev–Trinajstić information content (AvgIpc) is 2.29. The molecular weight excluding hydrogens is 230 g/mol. The molecule has 1 aliphatic rings. The molecule has 0 amide bonds. The van der Waals surface area contributed by atoms with E-state index in [0.29, 0.717) is 6.04 Å². The van der Waals surface area contributed by atoms with Crippen molar-refractivity contribution in [2.75, 3.05) is 5.32 Å². The minimum absolute atomic E-state index is 0.620. The van der Waals surface area contributed by atoms with Crippen LogP contribution in [0, 0.1) is 11.8 Å². The third-order valence-electron chi connectivity index (χ3n) is 3.85. The van der Waals surface area contributed by atoms with Gasteiger partial charge in [0.2, 0.25) is 0 Å².